The van der Waals surface area contributed by atoms with Gasteiger partial charge in [0.1, 0.15) is 6.29 Å². The second-order valence-corrected chi connectivity index (χ2v) is 7.26. The molecule has 0 radical (unpaired) electrons. The number of hydrogen-bond acceptors (Lipinski definition) is 1. The predicted molar refractivity (Wildman–Crippen MR) is 93.9 cm³/mol. The van der Waals surface area contributed by atoms with E-state index in [-0.39, 0.29) is 5.41 Å². The Balaban J connectivity index is 2.24. The molecule has 1 nitrogen and oxygen atoms in total. The molecule has 0 aliphatic rings. The van der Waals surface area contributed by atoms with Gasteiger partial charge in [-0.05, 0) is 66.5 Å². The van der Waals surface area contributed by atoms with E-state index in [2.05, 4.69) is 58.9 Å². The summed E-state index contributed by atoms with van der Waals surface area (Å²) in [6.07, 6.45) is 2.93. The Kier molecular flexibility index (Phi) is 4.85. The summed E-state index contributed by atoms with van der Waals surface area (Å²) in [6, 6.07) is 12.9. The number of aryl methyl sites for hydroxylation is 4. The van der Waals surface area contributed by atoms with E-state index in [1.54, 1.807) is 0 Å². The van der Waals surface area contributed by atoms with Crippen molar-refractivity contribution in [2.45, 2.75) is 52.9 Å². The fourth-order valence-electron chi connectivity index (χ4n) is 2.77. The van der Waals surface area contributed by atoms with Gasteiger partial charge in [-0.1, -0.05) is 50.6 Å². The van der Waals surface area contributed by atoms with Gasteiger partial charge in [0, 0.05) is 5.56 Å². The molecule has 1 heteroatoms. The molecule has 0 amide bonds. The number of carbonyl (C=O) groups is 1. The first-order valence-electron chi connectivity index (χ1n) is 7.95. The largest absolute Gasteiger partial charge is 0.298 e. The number of aldehydes is 1. The minimum atomic E-state index is 0.0630. The Hall–Kier alpha value is -1.89. The Bertz CT molecular complexity index is 675. The van der Waals surface area contributed by atoms with E-state index in [9.17, 15) is 4.79 Å². The average Bonchev–Trinajstić information content (AvgIpc) is 2.45. The van der Waals surface area contributed by atoms with Crippen LogP contribution >= 0.6 is 0 Å². The molecule has 0 saturated heterocycles. The van der Waals surface area contributed by atoms with Gasteiger partial charge < -0.3 is 0 Å². The van der Waals surface area contributed by atoms with Crippen LogP contribution in [0.5, 0.6) is 0 Å². The second kappa shape index (κ2) is 6.48. The summed E-state index contributed by atoms with van der Waals surface area (Å²) in [6.45, 7) is 10.9. The van der Waals surface area contributed by atoms with E-state index in [0.717, 1.165) is 24.7 Å². The van der Waals surface area contributed by atoms with Crippen molar-refractivity contribution in [1.82, 2.24) is 0 Å². The topological polar surface area (TPSA) is 17.1 Å². The Morgan fingerprint density at radius 2 is 1.68 bits per heavy atom. The van der Waals surface area contributed by atoms with Crippen molar-refractivity contribution in [2.75, 3.05) is 0 Å². The molecule has 0 spiro atoms. The maximum atomic E-state index is 11.2. The highest BCUT2D eigenvalue weighted by atomic mass is 16.1. The third-order valence-corrected chi connectivity index (χ3v) is 4.20. The SMILES string of the molecule is Cc1ccc(CCc2cc(C=O)cc(C(C)(C)C)c2)c(C)c1. The van der Waals surface area contributed by atoms with Gasteiger partial charge >= 0.3 is 0 Å². The highest BCUT2D eigenvalue weighted by molar-refractivity contribution is 5.75. The van der Waals surface area contributed by atoms with E-state index >= 15 is 0 Å². The Morgan fingerprint density at radius 3 is 2.27 bits per heavy atom. The molecule has 0 aliphatic carbocycles. The summed E-state index contributed by atoms with van der Waals surface area (Å²) in [5.41, 5.74) is 7.36. The van der Waals surface area contributed by atoms with Crippen LogP contribution < -0.4 is 0 Å². The maximum absolute atomic E-state index is 11.2. The van der Waals surface area contributed by atoms with Gasteiger partial charge in [0.05, 0.1) is 0 Å². The molecule has 22 heavy (non-hydrogen) atoms. The van der Waals surface area contributed by atoms with Crippen molar-refractivity contribution >= 4 is 6.29 Å². The van der Waals surface area contributed by atoms with Crippen LogP contribution in [0.4, 0.5) is 0 Å². The third kappa shape index (κ3) is 4.07. The van der Waals surface area contributed by atoms with Gasteiger partial charge in [-0.3, -0.25) is 4.79 Å². The predicted octanol–water partition coefficient (Wildman–Crippen LogP) is 5.20. The van der Waals surface area contributed by atoms with Gasteiger partial charge in [-0.2, -0.15) is 0 Å². The smallest absolute Gasteiger partial charge is 0.150 e. The van der Waals surface area contributed by atoms with Crippen LogP contribution in [0, 0.1) is 13.8 Å². The van der Waals surface area contributed by atoms with Crippen LogP contribution in [-0.2, 0) is 18.3 Å². The molecule has 0 fully saturated rings. The van der Waals surface area contributed by atoms with E-state index in [1.807, 2.05) is 12.1 Å². The lowest BCUT2D eigenvalue weighted by Gasteiger charge is -2.20. The van der Waals surface area contributed by atoms with Crippen molar-refractivity contribution in [3.8, 4) is 0 Å². The number of carbonyl (C=O) groups excluding carboxylic acids is 1. The summed E-state index contributed by atoms with van der Waals surface area (Å²) >= 11 is 0. The molecule has 0 heterocycles. The van der Waals surface area contributed by atoms with Gasteiger partial charge in [-0.25, -0.2) is 0 Å². The quantitative estimate of drug-likeness (QED) is 0.708. The zero-order valence-electron chi connectivity index (χ0n) is 14.4. The Labute approximate surface area is 134 Å². The normalized spacial score (nSPS) is 11.5. The fraction of sp³-hybridized carbons (Fsp3) is 0.381. The summed E-state index contributed by atoms with van der Waals surface area (Å²) in [7, 11) is 0. The lowest BCUT2D eigenvalue weighted by Crippen LogP contribution is -2.12. The maximum Gasteiger partial charge on any atom is 0.150 e. The van der Waals surface area contributed by atoms with Crippen LogP contribution in [0.2, 0.25) is 0 Å². The van der Waals surface area contributed by atoms with Crippen molar-refractivity contribution in [3.63, 3.8) is 0 Å². The monoisotopic (exact) mass is 294 g/mol. The second-order valence-electron chi connectivity index (χ2n) is 7.26. The molecule has 0 saturated carbocycles. The number of hydrogen-bond donors (Lipinski definition) is 0. The molecule has 0 aromatic heterocycles. The summed E-state index contributed by atoms with van der Waals surface area (Å²) < 4.78 is 0. The van der Waals surface area contributed by atoms with E-state index in [4.69, 9.17) is 0 Å². The molecule has 0 unspecified atom stereocenters. The Morgan fingerprint density at radius 1 is 0.955 bits per heavy atom. The molecule has 2 aromatic rings. The molecular formula is C21H26O. The minimum Gasteiger partial charge on any atom is -0.298 e. The summed E-state index contributed by atoms with van der Waals surface area (Å²) in [5.74, 6) is 0. The van der Waals surface area contributed by atoms with Crippen LogP contribution in [0.25, 0.3) is 0 Å². The third-order valence-electron chi connectivity index (χ3n) is 4.20. The van der Waals surface area contributed by atoms with Gasteiger partial charge in [0.15, 0.2) is 0 Å². The molecule has 0 atom stereocenters. The van der Waals surface area contributed by atoms with Crippen molar-refractivity contribution in [2.24, 2.45) is 0 Å². The van der Waals surface area contributed by atoms with Crippen LogP contribution in [-0.4, -0.2) is 6.29 Å². The van der Waals surface area contributed by atoms with Gasteiger partial charge in [0.2, 0.25) is 0 Å². The summed E-state index contributed by atoms with van der Waals surface area (Å²) in [4.78, 5) is 11.2. The first kappa shape index (κ1) is 16.5. The fourth-order valence-corrected chi connectivity index (χ4v) is 2.77. The van der Waals surface area contributed by atoms with Crippen LogP contribution in [0.3, 0.4) is 0 Å². The molecule has 0 bridgehead atoms. The highest BCUT2D eigenvalue weighted by Crippen LogP contribution is 2.25. The molecule has 2 aromatic carbocycles. The molecule has 2 rings (SSSR count). The minimum absolute atomic E-state index is 0.0630. The standard InChI is InChI=1S/C21H26O/c1-15-6-8-19(16(2)10-15)9-7-17-11-18(14-22)13-20(12-17)21(3,4)5/h6,8,10-14H,7,9H2,1-5H3. The molecule has 0 aliphatic heterocycles. The van der Waals surface area contributed by atoms with Gasteiger partial charge in [0.25, 0.3) is 0 Å². The van der Waals surface area contributed by atoms with Crippen LogP contribution in [0.1, 0.15) is 58.9 Å². The van der Waals surface area contributed by atoms with Gasteiger partial charge in [-0.15, -0.1) is 0 Å². The van der Waals surface area contributed by atoms with Crippen molar-refractivity contribution < 1.29 is 4.79 Å². The molecule has 0 N–H and O–H groups in total. The first-order valence-corrected chi connectivity index (χ1v) is 7.95. The zero-order chi connectivity index (χ0) is 16.3. The first-order chi connectivity index (χ1) is 10.3. The zero-order valence-corrected chi connectivity index (χ0v) is 14.4. The lowest BCUT2D eigenvalue weighted by atomic mass is 9.84. The average molecular weight is 294 g/mol. The summed E-state index contributed by atoms with van der Waals surface area (Å²) in [5, 5.41) is 0. The molecular weight excluding hydrogens is 268 g/mol. The van der Waals surface area contributed by atoms with Crippen LogP contribution in [0.15, 0.2) is 36.4 Å². The lowest BCUT2D eigenvalue weighted by molar-refractivity contribution is 0.112. The molecule has 116 valence electrons. The number of benzene rings is 2. The van der Waals surface area contributed by atoms with Crippen molar-refractivity contribution in [3.05, 3.63) is 69.8 Å². The van der Waals surface area contributed by atoms with E-state index in [0.29, 0.717) is 0 Å². The number of rotatable bonds is 4. The van der Waals surface area contributed by atoms with E-state index < -0.39 is 0 Å². The highest BCUT2D eigenvalue weighted by Gasteiger charge is 2.15. The van der Waals surface area contributed by atoms with E-state index in [1.165, 1.54) is 27.8 Å². The van der Waals surface area contributed by atoms with Crippen molar-refractivity contribution in [1.29, 1.82) is 0 Å².